The summed E-state index contributed by atoms with van der Waals surface area (Å²) < 4.78 is 2.49. The molecule has 7 rings (SSSR count). The van der Waals surface area contributed by atoms with E-state index in [2.05, 4.69) is 141 Å². The van der Waals surface area contributed by atoms with Crippen molar-refractivity contribution in [2.75, 3.05) is 0 Å². The van der Waals surface area contributed by atoms with Crippen LogP contribution in [0.4, 0.5) is 0 Å². The Bertz CT molecular complexity index is 2030. The van der Waals surface area contributed by atoms with E-state index in [1.165, 1.54) is 42.0 Å². The molecule has 2 nitrogen and oxygen atoms in total. The third-order valence-electron chi connectivity index (χ3n) is 7.85. The van der Waals surface area contributed by atoms with E-state index in [4.69, 9.17) is 0 Å². The van der Waals surface area contributed by atoms with Crippen molar-refractivity contribution in [3.63, 3.8) is 0 Å². The van der Waals surface area contributed by atoms with Gasteiger partial charge in [-0.05, 0) is 56.7 Å². The second kappa shape index (κ2) is 14.8. The normalized spacial score (nSPS) is 11.3. The molecule has 0 unspecified atom stereocenters. The predicted molar refractivity (Wildman–Crippen MR) is 197 cm³/mol. The van der Waals surface area contributed by atoms with Crippen LogP contribution in [0.15, 0.2) is 122 Å². The average molecular weight is 811 g/mol. The van der Waals surface area contributed by atoms with Crippen LogP contribution in [0.1, 0.15) is 19.4 Å². The first-order valence-electron chi connectivity index (χ1n) is 15.6. The summed E-state index contributed by atoms with van der Waals surface area (Å²) in [6.45, 7) is 11.5. The van der Waals surface area contributed by atoms with Crippen molar-refractivity contribution < 1.29 is 20.1 Å². The zero-order chi connectivity index (χ0) is 31.4. The predicted octanol–water partition coefficient (Wildman–Crippen LogP) is 10.9. The molecular weight excluding hydrogens is 773 g/mol. The molecule has 0 amide bonds. The minimum atomic E-state index is -1.23. The molecule has 0 aliphatic rings. The van der Waals surface area contributed by atoms with Crippen LogP contribution in [0.2, 0.25) is 19.6 Å². The van der Waals surface area contributed by atoms with E-state index < -0.39 is 8.07 Å². The van der Waals surface area contributed by atoms with Gasteiger partial charge in [-0.15, -0.1) is 53.6 Å². The summed E-state index contributed by atoms with van der Waals surface area (Å²) in [7, 11) is -1.23. The van der Waals surface area contributed by atoms with Crippen molar-refractivity contribution in [2.24, 2.45) is 5.92 Å². The molecule has 0 fully saturated rings. The van der Waals surface area contributed by atoms with Gasteiger partial charge in [-0.1, -0.05) is 117 Å². The average Bonchev–Trinajstić information content (AvgIpc) is 3.44. The van der Waals surface area contributed by atoms with Crippen LogP contribution in [-0.2, 0) is 26.5 Å². The summed E-state index contributed by atoms with van der Waals surface area (Å²) in [4.78, 5) is 9.20. The second-order valence-corrected chi connectivity index (χ2v) is 19.0. The fourth-order valence-electron chi connectivity index (χ4n) is 5.53. The summed E-state index contributed by atoms with van der Waals surface area (Å²) in [6.07, 6.45) is 5.01. The summed E-state index contributed by atoms with van der Waals surface area (Å²) in [5.74, 6) is 0.624. The van der Waals surface area contributed by atoms with Gasteiger partial charge in [0.1, 0.15) is 0 Å². The van der Waals surface area contributed by atoms with Crippen molar-refractivity contribution >= 4 is 44.8 Å². The SMILES string of the molecule is CC(C)Cc1ccnc(-c2[c-]c3sc4ccccc4c3c(-c3ccccc3)c2)c1.C[Si](C)(C)c1ccc(-c2[c-]cccc2)nc1.[Ir]. The van der Waals surface area contributed by atoms with Gasteiger partial charge >= 0.3 is 0 Å². The van der Waals surface area contributed by atoms with Gasteiger partial charge in [0.25, 0.3) is 0 Å². The number of hydrogen-bond acceptors (Lipinski definition) is 3. The van der Waals surface area contributed by atoms with Crippen LogP contribution in [0, 0.1) is 18.1 Å². The number of aromatic nitrogens is 2. The van der Waals surface area contributed by atoms with E-state index >= 15 is 0 Å². The number of hydrogen-bond donors (Lipinski definition) is 0. The first-order chi connectivity index (χ1) is 21.8. The van der Waals surface area contributed by atoms with Crippen molar-refractivity contribution in [3.05, 3.63) is 139 Å². The van der Waals surface area contributed by atoms with Gasteiger partial charge in [-0.2, -0.15) is 11.3 Å². The van der Waals surface area contributed by atoms with Gasteiger partial charge in [-0.25, -0.2) is 0 Å². The van der Waals surface area contributed by atoms with Crippen LogP contribution in [0.5, 0.6) is 0 Å². The Morgan fingerprint density at radius 3 is 2.22 bits per heavy atom. The molecule has 0 spiro atoms. The van der Waals surface area contributed by atoms with Crippen LogP contribution >= 0.6 is 11.3 Å². The Balaban J connectivity index is 0.000000209. The minimum absolute atomic E-state index is 0. The van der Waals surface area contributed by atoms with E-state index in [9.17, 15) is 0 Å². The van der Waals surface area contributed by atoms with E-state index in [-0.39, 0.29) is 20.1 Å². The quantitative estimate of drug-likeness (QED) is 0.124. The smallest absolute Gasteiger partial charge is 0.0795 e. The maximum atomic E-state index is 4.69. The number of nitrogens with zero attached hydrogens (tertiary/aromatic N) is 2. The fraction of sp³-hybridized carbons (Fsp3) is 0.171. The van der Waals surface area contributed by atoms with Crippen LogP contribution in [0.25, 0.3) is 53.8 Å². The molecule has 4 aromatic carbocycles. The molecule has 233 valence electrons. The summed E-state index contributed by atoms with van der Waals surface area (Å²) in [6, 6.07) is 45.0. The van der Waals surface area contributed by atoms with Gasteiger partial charge in [0.05, 0.1) is 8.07 Å². The molecule has 0 N–H and O–H groups in total. The summed E-state index contributed by atoms with van der Waals surface area (Å²) >= 11 is 1.81. The Kier molecular flexibility index (Phi) is 10.8. The number of benzene rings is 4. The Morgan fingerprint density at radius 1 is 0.761 bits per heavy atom. The largest absolute Gasteiger partial charge is 0.305 e. The molecule has 0 bridgehead atoms. The van der Waals surface area contributed by atoms with Gasteiger partial charge in [0, 0.05) is 37.2 Å². The summed E-state index contributed by atoms with van der Waals surface area (Å²) in [5.41, 5.74) is 7.94. The first-order valence-corrected chi connectivity index (χ1v) is 19.9. The molecule has 1 radical (unpaired) electrons. The third kappa shape index (κ3) is 7.79. The molecular formula is C41H38IrN2SSi-2. The van der Waals surface area contributed by atoms with Crippen molar-refractivity contribution in [1.82, 2.24) is 9.97 Å². The van der Waals surface area contributed by atoms with E-state index in [1.54, 1.807) is 0 Å². The Labute approximate surface area is 292 Å². The van der Waals surface area contributed by atoms with Gasteiger partial charge < -0.3 is 9.97 Å². The molecule has 3 aromatic heterocycles. The van der Waals surface area contributed by atoms with E-state index in [1.807, 2.05) is 48.0 Å². The number of fused-ring (bicyclic) bond motifs is 3. The fourth-order valence-corrected chi connectivity index (χ4v) is 7.69. The van der Waals surface area contributed by atoms with Gasteiger partial charge in [0.15, 0.2) is 0 Å². The second-order valence-electron chi connectivity index (χ2n) is 12.9. The van der Waals surface area contributed by atoms with Gasteiger partial charge in [0.2, 0.25) is 0 Å². The third-order valence-corrected chi connectivity index (χ3v) is 11.0. The first kappa shape index (κ1) is 33.6. The molecule has 0 aliphatic heterocycles. The molecule has 7 aromatic rings. The number of pyridine rings is 2. The zero-order valence-corrected chi connectivity index (χ0v) is 31.2. The maximum absolute atomic E-state index is 4.69. The monoisotopic (exact) mass is 811 g/mol. The van der Waals surface area contributed by atoms with E-state index in [0.717, 1.165) is 28.9 Å². The maximum Gasteiger partial charge on any atom is 0.0795 e. The van der Waals surface area contributed by atoms with Gasteiger partial charge in [-0.3, -0.25) is 0 Å². The summed E-state index contributed by atoms with van der Waals surface area (Å²) in [5, 5.41) is 3.99. The molecule has 0 aliphatic carbocycles. The van der Waals surface area contributed by atoms with Crippen molar-refractivity contribution in [3.8, 4) is 33.6 Å². The molecule has 0 saturated heterocycles. The number of thiophene rings is 1. The topological polar surface area (TPSA) is 25.8 Å². The van der Waals surface area contributed by atoms with Crippen LogP contribution in [-0.4, -0.2) is 18.0 Å². The molecule has 3 heterocycles. The zero-order valence-electron chi connectivity index (χ0n) is 27.0. The molecule has 0 atom stereocenters. The van der Waals surface area contributed by atoms with E-state index in [0.29, 0.717) is 5.92 Å². The molecule has 5 heteroatoms. The van der Waals surface area contributed by atoms with Crippen molar-refractivity contribution in [1.29, 1.82) is 0 Å². The minimum Gasteiger partial charge on any atom is -0.305 e. The Morgan fingerprint density at radius 2 is 1.52 bits per heavy atom. The number of rotatable bonds is 6. The Hall–Kier alpha value is -3.73. The molecule has 46 heavy (non-hydrogen) atoms. The van der Waals surface area contributed by atoms with Crippen molar-refractivity contribution in [2.45, 2.75) is 39.9 Å². The van der Waals surface area contributed by atoms with Crippen LogP contribution < -0.4 is 5.19 Å². The van der Waals surface area contributed by atoms with Crippen LogP contribution in [0.3, 0.4) is 0 Å². The molecule has 0 saturated carbocycles. The standard InChI is InChI=1S/C27H22NS.C14H16NSi.Ir/c1-18(2)14-19-12-13-28-24(15-19)21-16-23(20-8-4-3-5-9-20)27-22-10-6-7-11-25(22)29-26(27)17-21;1-16(2,3)13-9-10-14(15-11-13)12-7-5-4-6-8-12;/h3-13,15-16,18H,14H2,1-2H3;4-7,9-11H,1-3H3;/q2*-1;.